The molecule has 2 aliphatic rings. The fourth-order valence-corrected chi connectivity index (χ4v) is 1.91. The van der Waals surface area contributed by atoms with E-state index in [1.807, 2.05) is 0 Å². The summed E-state index contributed by atoms with van der Waals surface area (Å²) in [4.78, 5) is 22.6. The minimum absolute atomic E-state index is 0.130. The van der Waals surface area contributed by atoms with Gasteiger partial charge < -0.3 is 9.69 Å². The number of hydrogen-bond acceptors (Lipinski definition) is 2. The molecule has 0 aromatic rings. The Kier molecular flexibility index (Phi) is 1.28. The Balaban J connectivity index is 2.10. The maximum atomic E-state index is 10.5. The molecule has 1 saturated carbocycles. The van der Waals surface area contributed by atoms with Crippen LogP contribution in [0.2, 0.25) is 0 Å². The summed E-state index contributed by atoms with van der Waals surface area (Å²) >= 11 is 0. The van der Waals surface area contributed by atoms with Crippen molar-refractivity contribution in [2.24, 2.45) is 5.41 Å². The third kappa shape index (κ3) is 0.951. The van der Waals surface area contributed by atoms with Crippen LogP contribution in [0.25, 0.3) is 0 Å². The molecule has 2 rings (SSSR count). The molecule has 1 unspecified atom stereocenters. The van der Waals surface area contributed by atoms with Crippen molar-refractivity contribution in [1.82, 2.24) is 4.90 Å². The van der Waals surface area contributed by atoms with E-state index >= 15 is 0 Å². The monoisotopic (exact) mass is 153 g/mol. The van der Waals surface area contributed by atoms with Gasteiger partial charge in [-0.2, -0.15) is 0 Å². The molecular formula is C8H11NO2. The van der Waals surface area contributed by atoms with Crippen LogP contribution in [-0.4, -0.2) is 30.2 Å². The van der Waals surface area contributed by atoms with E-state index in [0.717, 1.165) is 25.7 Å². The molecule has 3 nitrogen and oxygen atoms in total. The standard InChI is InChI=1S/C8H11NO2/c10-4-7-3-8(1-2-8)5-9(7)6-11/h4,6-7H,1-3,5H2. The van der Waals surface area contributed by atoms with Gasteiger partial charge in [0.1, 0.15) is 6.29 Å². The second kappa shape index (κ2) is 2.06. The van der Waals surface area contributed by atoms with Crippen LogP contribution < -0.4 is 0 Å². The summed E-state index contributed by atoms with van der Waals surface area (Å²) in [5, 5.41) is 0. The van der Waals surface area contributed by atoms with Crippen molar-refractivity contribution in [2.75, 3.05) is 6.54 Å². The molecule has 1 aliphatic carbocycles. The Bertz CT molecular complexity index is 180. The van der Waals surface area contributed by atoms with Crippen LogP contribution in [0, 0.1) is 5.41 Å². The third-order valence-electron chi connectivity index (χ3n) is 2.84. The fraction of sp³-hybridized carbons (Fsp3) is 0.750. The van der Waals surface area contributed by atoms with E-state index in [-0.39, 0.29) is 6.04 Å². The second-order valence-electron chi connectivity index (χ2n) is 3.69. The van der Waals surface area contributed by atoms with E-state index in [4.69, 9.17) is 0 Å². The molecule has 0 aromatic carbocycles. The summed E-state index contributed by atoms with van der Waals surface area (Å²) < 4.78 is 0. The number of hydrogen-bond donors (Lipinski definition) is 0. The molecule has 0 radical (unpaired) electrons. The Hall–Kier alpha value is -0.860. The smallest absolute Gasteiger partial charge is 0.210 e. The van der Waals surface area contributed by atoms with Crippen LogP contribution in [0.3, 0.4) is 0 Å². The highest BCUT2D eigenvalue weighted by Gasteiger charge is 2.51. The fourth-order valence-electron chi connectivity index (χ4n) is 1.91. The average Bonchev–Trinajstić information content (AvgIpc) is 2.64. The molecule has 1 atom stereocenters. The number of carbonyl (C=O) groups excluding carboxylic acids is 2. The highest BCUT2D eigenvalue weighted by molar-refractivity contribution is 5.65. The number of aldehydes is 1. The molecule has 0 aromatic heterocycles. The summed E-state index contributed by atoms with van der Waals surface area (Å²) in [5.74, 6) is 0. The first-order valence-corrected chi connectivity index (χ1v) is 3.96. The first-order chi connectivity index (χ1) is 5.29. The van der Waals surface area contributed by atoms with Crippen LogP contribution >= 0.6 is 0 Å². The lowest BCUT2D eigenvalue weighted by Gasteiger charge is -2.12. The summed E-state index contributed by atoms with van der Waals surface area (Å²) in [6.45, 7) is 0.805. The van der Waals surface area contributed by atoms with Gasteiger partial charge in [0.05, 0.1) is 6.04 Å². The number of likely N-dealkylation sites (tertiary alicyclic amines) is 1. The van der Waals surface area contributed by atoms with Gasteiger partial charge in [-0.1, -0.05) is 0 Å². The molecule has 3 heteroatoms. The van der Waals surface area contributed by atoms with E-state index in [2.05, 4.69) is 0 Å². The summed E-state index contributed by atoms with van der Waals surface area (Å²) in [6.07, 6.45) is 4.98. The van der Waals surface area contributed by atoms with Crippen molar-refractivity contribution in [3.63, 3.8) is 0 Å². The molecular weight excluding hydrogens is 142 g/mol. The van der Waals surface area contributed by atoms with Crippen molar-refractivity contribution < 1.29 is 9.59 Å². The molecule has 0 N–H and O–H groups in total. The molecule has 1 spiro atoms. The Morgan fingerprint density at radius 2 is 2.09 bits per heavy atom. The maximum absolute atomic E-state index is 10.5. The van der Waals surface area contributed by atoms with E-state index < -0.39 is 0 Å². The van der Waals surface area contributed by atoms with Gasteiger partial charge in [0, 0.05) is 6.54 Å². The zero-order valence-corrected chi connectivity index (χ0v) is 6.32. The molecule has 1 amide bonds. The van der Waals surface area contributed by atoms with Gasteiger partial charge >= 0.3 is 0 Å². The predicted octanol–water partition coefficient (Wildman–Crippen LogP) is 0.196. The minimum Gasteiger partial charge on any atom is -0.335 e. The van der Waals surface area contributed by atoms with E-state index in [1.165, 1.54) is 12.8 Å². The first kappa shape index (κ1) is 6.83. The van der Waals surface area contributed by atoms with Crippen molar-refractivity contribution in [3.8, 4) is 0 Å². The predicted molar refractivity (Wildman–Crippen MR) is 38.9 cm³/mol. The Morgan fingerprint density at radius 1 is 1.36 bits per heavy atom. The van der Waals surface area contributed by atoms with Crippen molar-refractivity contribution >= 4 is 12.7 Å². The van der Waals surface area contributed by atoms with Crippen molar-refractivity contribution in [2.45, 2.75) is 25.3 Å². The molecule has 11 heavy (non-hydrogen) atoms. The van der Waals surface area contributed by atoms with Crippen LogP contribution in [0.5, 0.6) is 0 Å². The Labute approximate surface area is 65.4 Å². The summed E-state index contributed by atoms with van der Waals surface area (Å²) in [5.41, 5.74) is 0.354. The number of rotatable bonds is 2. The van der Waals surface area contributed by atoms with Crippen LogP contribution in [0.4, 0.5) is 0 Å². The van der Waals surface area contributed by atoms with Gasteiger partial charge in [-0.25, -0.2) is 0 Å². The van der Waals surface area contributed by atoms with E-state index in [0.29, 0.717) is 5.41 Å². The van der Waals surface area contributed by atoms with Crippen molar-refractivity contribution in [3.05, 3.63) is 0 Å². The van der Waals surface area contributed by atoms with Gasteiger partial charge in [-0.05, 0) is 24.7 Å². The first-order valence-electron chi connectivity index (χ1n) is 3.96. The molecule has 60 valence electrons. The number of nitrogens with zero attached hydrogens (tertiary/aromatic N) is 1. The number of carbonyl (C=O) groups is 2. The van der Waals surface area contributed by atoms with Crippen molar-refractivity contribution in [1.29, 1.82) is 0 Å². The second-order valence-corrected chi connectivity index (χ2v) is 3.69. The molecule has 1 heterocycles. The van der Waals surface area contributed by atoms with E-state index in [9.17, 15) is 9.59 Å². The lowest BCUT2D eigenvalue weighted by molar-refractivity contribution is -0.123. The lowest BCUT2D eigenvalue weighted by Crippen LogP contribution is -2.28. The Morgan fingerprint density at radius 3 is 2.45 bits per heavy atom. The summed E-state index contributed by atoms with van der Waals surface area (Å²) in [6, 6.07) is -0.130. The van der Waals surface area contributed by atoms with E-state index in [1.54, 1.807) is 4.90 Å². The zero-order valence-electron chi connectivity index (χ0n) is 6.32. The lowest BCUT2D eigenvalue weighted by atomic mass is 10.0. The van der Waals surface area contributed by atoms with Gasteiger partial charge in [-0.3, -0.25) is 4.79 Å². The van der Waals surface area contributed by atoms with Gasteiger partial charge in [0.15, 0.2) is 0 Å². The maximum Gasteiger partial charge on any atom is 0.210 e. The quantitative estimate of drug-likeness (QED) is 0.531. The van der Waals surface area contributed by atoms with Crippen LogP contribution in [0.1, 0.15) is 19.3 Å². The molecule has 0 bridgehead atoms. The number of amides is 1. The highest BCUT2D eigenvalue weighted by atomic mass is 16.1. The van der Waals surface area contributed by atoms with Gasteiger partial charge in [-0.15, -0.1) is 0 Å². The topological polar surface area (TPSA) is 37.4 Å². The average molecular weight is 153 g/mol. The highest BCUT2D eigenvalue weighted by Crippen LogP contribution is 2.53. The largest absolute Gasteiger partial charge is 0.335 e. The van der Waals surface area contributed by atoms with Gasteiger partial charge in [0.25, 0.3) is 0 Å². The van der Waals surface area contributed by atoms with Crippen LogP contribution in [-0.2, 0) is 9.59 Å². The molecule has 2 fully saturated rings. The van der Waals surface area contributed by atoms with Crippen LogP contribution in [0.15, 0.2) is 0 Å². The molecule has 1 aliphatic heterocycles. The SMILES string of the molecule is O=CC1CC2(CC2)CN1C=O. The minimum atomic E-state index is -0.130. The normalized spacial score (nSPS) is 32.4. The zero-order chi connectivity index (χ0) is 7.90. The summed E-state index contributed by atoms with van der Waals surface area (Å²) in [7, 11) is 0. The van der Waals surface area contributed by atoms with Gasteiger partial charge in [0.2, 0.25) is 6.41 Å². The third-order valence-corrected chi connectivity index (χ3v) is 2.84. The molecule has 1 saturated heterocycles.